The third kappa shape index (κ3) is 4.10. The van der Waals surface area contributed by atoms with Crippen LogP contribution in [-0.2, 0) is 12.8 Å². The van der Waals surface area contributed by atoms with Gasteiger partial charge in [-0.15, -0.1) is 11.3 Å². The molecule has 174 valence electrons. The second-order valence-electron chi connectivity index (χ2n) is 8.77. The lowest BCUT2D eigenvalue weighted by molar-refractivity contribution is 0.0804. The molecular weight excluding hydrogens is 448 g/mol. The van der Waals surface area contributed by atoms with Crippen LogP contribution in [0.3, 0.4) is 0 Å². The Morgan fingerprint density at radius 3 is 2.88 bits per heavy atom. The van der Waals surface area contributed by atoms with E-state index in [1.165, 1.54) is 11.3 Å². The number of halogens is 2. The number of aryl methyl sites for hydroxylation is 2. The van der Waals surface area contributed by atoms with Crippen LogP contribution in [0.1, 0.15) is 33.0 Å². The van der Waals surface area contributed by atoms with Crippen molar-refractivity contribution in [3.63, 3.8) is 0 Å². The molecule has 3 unspecified atom stereocenters. The van der Waals surface area contributed by atoms with E-state index in [1.807, 2.05) is 24.0 Å². The number of nitrogens with zero attached hydrogens (tertiary/aromatic N) is 4. The summed E-state index contributed by atoms with van der Waals surface area (Å²) in [5.41, 5.74) is 15.7. The SMILES string of the molecule is Cc1cnc2c(N)c(C(=O)NC3CCc4nc(N5CC(N)C(C(F)F)C5)ccc4C3)sc2n1. The maximum absolute atomic E-state index is 13.2. The molecule has 2 aliphatic rings. The Balaban J connectivity index is 1.27. The fourth-order valence-electron chi connectivity index (χ4n) is 4.60. The average Bonchev–Trinajstić information content (AvgIpc) is 3.33. The van der Waals surface area contributed by atoms with Gasteiger partial charge in [0.15, 0.2) is 0 Å². The van der Waals surface area contributed by atoms with Crippen LogP contribution < -0.4 is 21.7 Å². The van der Waals surface area contributed by atoms with Gasteiger partial charge in [-0.3, -0.25) is 4.79 Å². The Morgan fingerprint density at radius 2 is 2.12 bits per heavy atom. The first-order valence-electron chi connectivity index (χ1n) is 10.9. The van der Waals surface area contributed by atoms with E-state index in [0.717, 1.165) is 23.4 Å². The number of carbonyl (C=O) groups excluding carboxylic acids is 1. The number of pyridine rings is 1. The molecule has 1 aliphatic carbocycles. The van der Waals surface area contributed by atoms with Crippen LogP contribution in [-0.4, -0.2) is 52.5 Å². The molecule has 1 amide bonds. The first-order valence-corrected chi connectivity index (χ1v) is 11.7. The summed E-state index contributed by atoms with van der Waals surface area (Å²) in [6.07, 6.45) is 1.27. The van der Waals surface area contributed by atoms with E-state index in [9.17, 15) is 13.6 Å². The molecule has 1 saturated heterocycles. The van der Waals surface area contributed by atoms with Crippen LogP contribution in [0.4, 0.5) is 20.3 Å². The average molecular weight is 474 g/mol. The van der Waals surface area contributed by atoms with Gasteiger partial charge in [0.25, 0.3) is 5.91 Å². The smallest absolute Gasteiger partial charge is 0.263 e. The van der Waals surface area contributed by atoms with Crippen LogP contribution >= 0.6 is 11.3 Å². The van der Waals surface area contributed by atoms with Crippen molar-refractivity contribution in [1.82, 2.24) is 20.3 Å². The molecule has 4 heterocycles. The highest BCUT2D eigenvalue weighted by Crippen LogP contribution is 2.32. The quantitative estimate of drug-likeness (QED) is 0.531. The zero-order valence-electron chi connectivity index (χ0n) is 18.1. The Hall–Kier alpha value is -2.92. The van der Waals surface area contributed by atoms with Gasteiger partial charge in [0.05, 0.1) is 17.3 Å². The number of hydrogen-bond acceptors (Lipinski definition) is 8. The largest absolute Gasteiger partial charge is 0.396 e. The summed E-state index contributed by atoms with van der Waals surface area (Å²) in [6, 6.07) is 3.22. The second kappa shape index (κ2) is 8.45. The molecule has 11 heteroatoms. The maximum Gasteiger partial charge on any atom is 0.263 e. The highest BCUT2D eigenvalue weighted by atomic mass is 32.1. The predicted molar refractivity (Wildman–Crippen MR) is 124 cm³/mol. The summed E-state index contributed by atoms with van der Waals surface area (Å²) in [5.74, 6) is -0.377. The zero-order chi connectivity index (χ0) is 23.3. The number of carbonyl (C=O) groups is 1. The molecule has 8 nitrogen and oxygen atoms in total. The lowest BCUT2D eigenvalue weighted by atomic mass is 9.91. The van der Waals surface area contributed by atoms with Crippen LogP contribution in [0.25, 0.3) is 10.3 Å². The molecule has 1 aliphatic heterocycles. The van der Waals surface area contributed by atoms with Crippen LogP contribution in [0.5, 0.6) is 0 Å². The molecule has 0 bridgehead atoms. The minimum Gasteiger partial charge on any atom is -0.396 e. The Morgan fingerprint density at radius 1 is 1.30 bits per heavy atom. The molecule has 3 aromatic heterocycles. The number of anilines is 2. The lowest BCUT2D eigenvalue weighted by Gasteiger charge is -2.26. The molecule has 0 radical (unpaired) electrons. The number of amides is 1. The number of nitrogens with one attached hydrogen (secondary N) is 1. The molecule has 1 fully saturated rings. The number of nitrogens with two attached hydrogens (primary N) is 2. The van der Waals surface area contributed by atoms with Crippen molar-refractivity contribution >= 4 is 39.1 Å². The van der Waals surface area contributed by atoms with Gasteiger partial charge in [0, 0.05) is 37.1 Å². The van der Waals surface area contributed by atoms with Crippen LogP contribution in [0.2, 0.25) is 0 Å². The molecule has 33 heavy (non-hydrogen) atoms. The molecule has 3 aromatic rings. The zero-order valence-corrected chi connectivity index (χ0v) is 18.9. The van der Waals surface area contributed by atoms with Gasteiger partial charge < -0.3 is 21.7 Å². The monoisotopic (exact) mass is 473 g/mol. The van der Waals surface area contributed by atoms with E-state index in [4.69, 9.17) is 16.5 Å². The highest BCUT2D eigenvalue weighted by Gasteiger charge is 2.37. The number of hydrogen-bond donors (Lipinski definition) is 3. The van der Waals surface area contributed by atoms with E-state index in [-0.39, 0.29) is 18.5 Å². The summed E-state index contributed by atoms with van der Waals surface area (Å²) < 4.78 is 26.3. The van der Waals surface area contributed by atoms with Gasteiger partial charge in [0.2, 0.25) is 6.43 Å². The first-order chi connectivity index (χ1) is 15.8. The van der Waals surface area contributed by atoms with Crippen LogP contribution in [0, 0.1) is 12.8 Å². The van der Waals surface area contributed by atoms with Crippen molar-refractivity contribution in [1.29, 1.82) is 0 Å². The molecule has 0 spiro atoms. The lowest BCUT2D eigenvalue weighted by Crippen LogP contribution is -2.39. The standard InChI is InChI=1S/C22H25F2N7OS/c1-10-7-27-18-17(26)19(33-22(18)28-10)21(32)29-12-3-4-15-11(6-12)2-5-16(30-15)31-8-13(20(23)24)14(25)9-31/h2,5,7,12-14,20H,3-4,6,8-9,25-26H2,1H3,(H,29,32). The topological polar surface area (TPSA) is 123 Å². The van der Waals surface area contributed by atoms with Crippen molar-refractivity contribution in [2.24, 2.45) is 11.7 Å². The fraction of sp³-hybridized carbons (Fsp3) is 0.455. The van der Waals surface area contributed by atoms with Gasteiger partial charge in [-0.1, -0.05) is 6.07 Å². The van der Waals surface area contributed by atoms with E-state index in [0.29, 0.717) is 46.1 Å². The van der Waals surface area contributed by atoms with E-state index >= 15 is 0 Å². The third-order valence-electron chi connectivity index (χ3n) is 6.41. The summed E-state index contributed by atoms with van der Waals surface area (Å²) >= 11 is 1.25. The number of thiophene rings is 1. The maximum atomic E-state index is 13.2. The van der Waals surface area contributed by atoms with Crippen molar-refractivity contribution in [2.75, 3.05) is 23.7 Å². The van der Waals surface area contributed by atoms with Crippen LogP contribution in [0.15, 0.2) is 18.3 Å². The number of fused-ring (bicyclic) bond motifs is 2. The van der Waals surface area contributed by atoms with Crippen molar-refractivity contribution in [3.05, 3.63) is 40.2 Å². The summed E-state index contributed by atoms with van der Waals surface area (Å²) in [5, 5.41) is 3.08. The predicted octanol–water partition coefficient (Wildman–Crippen LogP) is 2.29. The van der Waals surface area contributed by atoms with Gasteiger partial charge in [-0.05, 0) is 37.8 Å². The Kier molecular flexibility index (Phi) is 5.61. The van der Waals surface area contributed by atoms with Gasteiger partial charge >= 0.3 is 0 Å². The third-order valence-corrected chi connectivity index (χ3v) is 7.50. The summed E-state index contributed by atoms with van der Waals surface area (Å²) in [7, 11) is 0. The molecule has 5 rings (SSSR count). The summed E-state index contributed by atoms with van der Waals surface area (Å²) in [6.45, 7) is 2.43. The van der Waals surface area contributed by atoms with E-state index in [1.54, 1.807) is 6.20 Å². The fourth-order valence-corrected chi connectivity index (χ4v) is 5.60. The van der Waals surface area contributed by atoms with Gasteiger partial charge in [0.1, 0.15) is 21.0 Å². The minimum absolute atomic E-state index is 0.0478. The number of nitrogen functional groups attached to an aromatic ring is 1. The Labute approximate surface area is 193 Å². The normalized spacial score (nSPS) is 22.7. The second-order valence-corrected chi connectivity index (χ2v) is 9.76. The molecule has 3 atom stereocenters. The molecule has 0 saturated carbocycles. The highest BCUT2D eigenvalue weighted by molar-refractivity contribution is 7.21. The molecule has 0 aromatic carbocycles. The number of alkyl halides is 2. The summed E-state index contributed by atoms with van der Waals surface area (Å²) in [4.78, 5) is 29.3. The molecule has 5 N–H and O–H groups in total. The molecular formula is C22H25F2N7OS. The van der Waals surface area contributed by atoms with Crippen molar-refractivity contribution in [3.8, 4) is 0 Å². The van der Waals surface area contributed by atoms with Gasteiger partial charge in [-0.2, -0.15) is 0 Å². The number of rotatable bonds is 4. The minimum atomic E-state index is -2.43. The van der Waals surface area contributed by atoms with Crippen molar-refractivity contribution in [2.45, 2.75) is 44.7 Å². The number of aromatic nitrogens is 3. The van der Waals surface area contributed by atoms with Gasteiger partial charge in [-0.25, -0.2) is 23.7 Å². The Bertz CT molecular complexity index is 1220. The van der Waals surface area contributed by atoms with E-state index < -0.39 is 18.4 Å². The van der Waals surface area contributed by atoms with Crippen molar-refractivity contribution < 1.29 is 13.6 Å². The first kappa shape index (κ1) is 21.9. The van der Waals surface area contributed by atoms with E-state index in [2.05, 4.69) is 15.3 Å².